The minimum Gasteiger partial charge on any atom is -0.493 e. The lowest BCUT2D eigenvalue weighted by molar-refractivity contribution is -0.128. The monoisotopic (exact) mass is 521 g/mol. The molecule has 0 aliphatic rings. The number of para-hydroxylation sites is 1. The molecule has 2 amide bonds. The smallest absolute Gasteiger partial charge is 0.270 e. The maximum absolute atomic E-state index is 13.9. The Morgan fingerprint density at radius 2 is 1.53 bits per heavy atom. The predicted octanol–water partition coefficient (Wildman–Crippen LogP) is 5.12. The quantitative estimate of drug-likeness (QED) is 0.355. The van der Waals surface area contributed by atoms with E-state index >= 15 is 0 Å². The molecule has 204 valence electrons. The highest BCUT2D eigenvalue weighted by molar-refractivity contribution is 6.07. The molecular weight excluding hydrogens is 482 g/mol. The van der Waals surface area contributed by atoms with E-state index in [1.165, 1.54) is 21.3 Å². The normalized spacial score (nSPS) is 11.7. The summed E-state index contributed by atoms with van der Waals surface area (Å²) in [5, 5.41) is 3.88. The van der Waals surface area contributed by atoms with Crippen LogP contribution in [-0.2, 0) is 11.8 Å². The zero-order chi connectivity index (χ0) is 28.0. The van der Waals surface area contributed by atoms with E-state index in [4.69, 9.17) is 14.2 Å². The molecule has 38 heavy (non-hydrogen) atoms. The number of amides is 2. The third-order valence-corrected chi connectivity index (χ3v) is 6.09. The molecule has 8 nitrogen and oxygen atoms in total. The van der Waals surface area contributed by atoms with Gasteiger partial charge in [-0.25, -0.2) is 0 Å². The Hall–Kier alpha value is -3.94. The van der Waals surface area contributed by atoms with Gasteiger partial charge in [-0.1, -0.05) is 45.9 Å². The second-order valence-electron chi connectivity index (χ2n) is 10.1. The number of nitrogens with one attached hydrogen (secondary N) is 1. The van der Waals surface area contributed by atoms with Gasteiger partial charge in [0, 0.05) is 48.4 Å². The number of benzene rings is 2. The van der Waals surface area contributed by atoms with Gasteiger partial charge in [0.1, 0.15) is 5.70 Å². The van der Waals surface area contributed by atoms with Crippen molar-refractivity contribution >= 4 is 28.8 Å². The number of hydrogen-bond donors (Lipinski definition) is 1. The average molecular weight is 522 g/mol. The van der Waals surface area contributed by atoms with Crippen molar-refractivity contribution in [1.82, 2.24) is 14.8 Å². The molecule has 0 aliphatic carbocycles. The second kappa shape index (κ2) is 12.5. The molecule has 0 unspecified atom stereocenters. The van der Waals surface area contributed by atoms with Gasteiger partial charge in [0.2, 0.25) is 5.75 Å². The summed E-state index contributed by atoms with van der Waals surface area (Å²) in [5.41, 5.74) is 2.34. The Morgan fingerprint density at radius 1 is 0.947 bits per heavy atom. The van der Waals surface area contributed by atoms with Gasteiger partial charge >= 0.3 is 0 Å². The third kappa shape index (κ3) is 6.49. The first-order valence-electron chi connectivity index (χ1n) is 12.8. The fourth-order valence-corrected chi connectivity index (χ4v) is 4.49. The summed E-state index contributed by atoms with van der Waals surface area (Å²) in [4.78, 5) is 29.3. The standard InChI is InChI=1S/C30H39N3O5/c1-19(2)16-33(17-20(3)4)30(35)24(13-22-18-32(5)25-12-10-9-11-23(22)25)31-29(34)21-14-26(36-6)28(38-8)27(15-21)37-7/h9-15,18-20H,16-17H2,1-8H3,(H,31,34). The van der Waals surface area contributed by atoms with Gasteiger partial charge in [0.25, 0.3) is 11.8 Å². The molecule has 0 saturated carbocycles. The zero-order valence-corrected chi connectivity index (χ0v) is 23.6. The molecule has 3 aromatic rings. The summed E-state index contributed by atoms with van der Waals surface area (Å²) in [6, 6.07) is 11.1. The van der Waals surface area contributed by atoms with Crippen LogP contribution in [0.25, 0.3) is 17.0 Å². The third-order valence-electron chi connectivity index (χ3n) is 6.09. The number of fused-ring (bicyclic) bond motifs is 1. The van der Waals surface area contributed by atoms with E-state index in [9.17, 15) is 9.59 Å². The maximum Gasteiger partial charge on any atom is 0.270 e. The van der Waals surface area contributed by atoms with Crippen LogP contribution in [-0.4, -0.2) is 55.7 Å². The van der Waals surface area contributed by atoms with Crippen LogP contribution in [0.15, 0.2) is 48.3 Å². The highest BCUT2D eigenvalue weighted by Gasteiger charge is 2.24. The lowest BCUT2D eigenvalue weighted by Crippen LogP contribution is -2.42. The lowest BCUT2D eigenvalue weighted by Gasteiger charge is -2.27. The number of rotatable bonds is 11. The number of carbonyl (C=O) groups excluding carboxylic acids is 2. The lowest BCUT2D eigenvalue weighted by atomic mass is 10.1. The molecule has 0 fully saturated rings. The Kier molecular flexibility index (Phi) is 9.45. The number of aryl methyl sites for hydroxylation is 1. The fourth-order valence-electron chi connectivity index (χ4n) is 4.49. The summed E-state index contributed by atoms with van der Waals surface area (Å²) in [6.07, 6.45) is 3.72. The maximum atomic E-state index is 13.9. The number of carbonyl (C=O) groups is 2. The van der Waals surface area contributed by atoms with Crippen LogP contribution in [0.1, 0.15) is 43.6 Å². The number of methoxy groups -OCH3 is 3. The van der Waals surface area contributed by atoms with Crippen LogP contribution in [0.4, 0.5) is 0 Å². The van der Waals surface area contributed by atoms with E-state index < -0.39 is 5.91 Å². The molecule has 1 N–H and O–H groups in total. The molecule has 1 heterocycles. The first-order chi connectivity index (χ1) is 18.1. The minimum atomic E-state index is -0.460. The molecule has 8 heteroatoms. The van der Waals surface area contributed by atoms with Crippen molar-refractivity contribution < 1.29 is 23.8 Å². The highest BCUT2D eigenvalue weighted by Crippen LogP contribution is 2.38. The molecule has 0 aliphatic heterocycles. The number of ether oxygens (including phenoxy) is 3. The first kappa shape index (κ1) is 28.6. The summed E-state index contributed by atoms with van der Waals surface area (Å²) >= 11 is 0. The van der Waals surface area contributed by atoms with Crippen LogP contribution < -0.4 is 19.5 Å². The second-order valence-corrected chi connectivity index (χ2v) is 10.1. The molecule has 0 radical (unpaired) electrons. The summed E-state index contributed by atoms with van der Waals surface area (Å²) in [6.45, 7) is 9.44. The van der Waals surface area contributed by atoms with E-state index in [1.807, 2.05) is 47.0 Å². The predicted molar refractivity (Wildman–Crippen MR) is 151 cm³/mol. The van der Waals surface area contributed by atoms with Gasteiger partial charge in [-0.05, 0) is 36.1 Å². The number of aromatic nitrogens is 1. The average Bonchev–Trinajstić information content (AvgIpc) is 3.20. The Bertz CT molecular complexity index is 1290. The summed E-state index contributed by atoms with van der Waals surface area (Å²) in [7, 11) is 6.44. The van der Waals surface area contributed by atoms with Crippen molar-refractivity contribution in [3.05, 3.63) is 59.4 Å². The van der Waals surface area contributed by atoms with Crippen molar-refractivity contribution in [3.63, 3.8) is 0 Å². The van der Waals surface area contributed by atoms with Gasteiger partial charge in [0.05, 0.1) is 21.3 Å². The van der Waals surface area contributed by atoms with Crippen molar-refractivity contribution in [2.45, 2.75) is 27.7 Å². The van der Waals surface area contributed by atoms with E-state index in [0.29, 0.717) is 30.3 Å². The molecule has 0 bridgehead atoms. The van der Waals surface area contributed by atoms with E-state index in [1.54, 1.807) is 18.2 Å². The topological polar surface area (TPSA) is 82.0 Å². The SMILES string of the molecule is COc1cc(C(=O)NC(=Cc2cn(C)c3ccccc23)C(=O)N(CC(C)C)CC(C)C)cc(OC)c1OC. The fraction of sp³-hybridized carbons (Fsp3) is 0.400. The van der Waals surface area contributed by atoms with E-state index in [0.717, 1.165) is 16.5 Å². The van der Waals surface area contributed by atoms with E-state index in [2.05, 4.69) is 33.0 Å². The molecular formula is C30H39N3O5. The summed E-state index contributed by atoms with van der Waals surface area (Å²) in [5.74, 6) is 0.923. The van der Waals surface area contributed by atoms with Crippen molar-refractivity contribution in [2.75, 3.05) is 34.4 Å². The molecule has 1 aromatic heterocycles. The van der Waals surface area contributed by atoms with Gasteiger partial charge in [-0.2, -0.15) is 0 Å². The van der Waals surface area contributed by atoms with Gasteiger partial charge in [0.15, 0.2) is 11.5 Å². The molecule has 0 atom stereocenters. The molecule has 2 aromatic carbocycles. The number of hydrogen-bond acceptors (Lipinski definition) is 5. The number of nitrogens with zero attached hydrogens (tertiary/aromatic N) is 2. The molecule has 0 spiro atoms. The minimum absolute atomic E-state index is 0.196. The van der Waals surface area contributed by atoms with Gasteiger partial charge in [-0.15, -0.1) is 0 Å². The summed E-state index contributed by atoms with van der Waals surface area (Å²) < 4.78 is 18.2. The van der Waals surface area contributed by atoms with Crippen molar-refractivity contribution in [1.29, 1.82) is 0 Å². The Morgan fingerprint density at radius 3 is 2.05 bits per heavy atom. The Balaban J connectivity index is 2.10. The van der Waals surface area contributed by atoms with Crippen LogP contribution in [0, 0.1) is 11.8 Å². The van der Waals surface area contributed by atoms with Gasteiger partial charge in [-0.3, -0.25) is 9.59 Å². The zero-order valence-electron chi connectivity index (χ0n) is 23.6. The van der Waals surface area contributed by atoms with Crippen LogP contribution in [0.3, 0.4) is 0 Å². The van der Waals surface area contributed by atoms with Crippen LogP contribution >= 0.6 is 0 Å². The van der Waals surface area contributed by atoms with Crippen molar-refractivity contribution in [2.24, 2.45) is 18.9 Å². The van der Waals surface area contributed by atoms with Crippen molar-refractivity contribution in [3.8, 4) is 17.2 Å². The van der Waals surface area contributed by atoms with Gasteiger partial charge < -0.3 is 29.0 Å². The largest absolute Gasteiger partial charge is 0.493 e. The van der Waals surface area contributed by atoms with Crippen LogP contribution in [0.5, 0.6) is 17.2 Å². The molecule has 3 rings (SSSR count). The Labute approximate surface area is 225 Å². The first-order valence-corrected chi connectivity index (χ1v) is 12.8. The van der Waals surface area contributed by atoms with E-state index in [-0.39, 0.29) is 29.0 Å². The highest BCUT2D eigenvalue weighted by atomic mass is 16.5. The molecule has 0 saturated heterocycles. The van der Waals surface area contributed by atoms with Crippen LogP contribution in [0.2, 0.25) is 0 Å².